The molecule has 22 heavy (non-hydrogen) atoms. The molecule has 0 aliphatic carbocycles. The van der Waals surface area contributed by atoms with Crippen molar-refractivity contribution in [1.82, 2.24) is 5.32 Å². The molecule has 0 spiro atoms. The van der Waals surface area contributed by atoms with Gasteiger partial charge < -0.3 is 15.4 Å². The Morgan fingerprint density at radius 3 is 2.45 bits per heavy atom. The molecule has 2 aromatic carbocycles. The summed E-state index contributed by atoms with van der Waals surface area (Å²) in [7, 11) is 1.59. The molecule has 0 saturated heterocycles. The van der Waals surface area contributed by atoms with Crippen LogP contribution in [-0.4, -0.2) is 12.2 Å². The normalized spacial score (nSPS) is 11.6. The van der Waals surface area contributed by atoms with Crippen LogP contribution in [0.3, 0.4) is 0 Å². The van der Waals surface area contributed by atoms with Crippen LogP contribution < -0.4 is 15.4 Å². The number of aryl methyl sites for hydroxylation is 1. The van der Waals surface area contributed by atoms with E-state index in [9.17, 15) is 0 Å². The van der Waals surface area contributed by atoms with E-state index in [1.165, 1.54) is 11.1 Å². The fraction of sp³-hybridized carbons (Fsp3) is 0.235. The Labute approximate surface area is 141 Å². The van der Waals surface area contributed by atoms with Crippen molar-refractivity contribution < 1.29 is 4.74 Å². The van der Waals surface area contributed by atoms with Gasteiger partial charge in [0.25, 0.3) is 0 Å². The first-order valence-corrected chi connectivity index (χ1v) is 7.76. The quantitative estimate of drug-likeness (QED) is 0.794. The maximum atomic E-state index is 6.10. The summed E-state index contributed by atoms with van der Waals surface area (Å²) < 4.78 is 5.13. The molecule has 0 bridgehead atoms. The zero-order valence-corrected chi connectivity index (χ0v) is 14.4. The average Bonchev–Trinajstić information content (AvgIpc) is 2.48. The van der Waals surface area contributed by atoms with Crippen molar-refractivity contribution in [3.8, 4) is 5.75 Å². The summed E-state index contributed by atoms with van der Waals surface area (Å²) in [5.74, 6) is 0.638. The minimum Gasteiger partial charge on any atom is -0.495 e. The van der Waals surface area contributed by atoms with Gasteiger partial charge in [-0.05, 0) is 49.8 Å². The van der Waals surface area contributed by atoms with Crippen molar-refractivity contribution in [1.29, 1.82) is 0 Å². The fourth-order valence-electron chi connectivity index (χ4n) is 2.05. The molecule has 0 fully saturated rings. The molecular formula is C17H19ClN2OS. The van der Waals surface area contributed by atoms with Crippen LogP contribution in [0.1, 0.15) is 24.1 Å². The predicted molar refractivity (Wildman–Crippen MR) is 97.0 cm³/mol. The molecule has 1 atom stereocenters. The number of ether oxygens (including phenoxy) is 1. The van der Waals surface area contributed by atoms with Gasteiger partial charge in [-0.3, -0.25) is 0 Å². The second-order valence-electron chi connectivity index (χ2n) is 5.08. The number of nitrogens with one attached hydrogen (secondary N) is 2. The van der Waals surface area contributed by atoms with Crippen LogP contribution in [0.2, 0.25) is 5.02 Å². The third kappa shape index (κ3) is 4.36. The van der Waals surface area contributed by atoms with Gasteiger partial charge in [-0.15, -0.1) is 0 Å². The van der Waals surface area contributed by atoms with Gasteiger partial charge in [-0.2, -0.15) is 0 Å². The Kier molecular flexibility index (Phi) is 5.63. The molecule has 2 aromatic rings. The van der Waals surface area contributed by atoms with E-state index in [1.54, 1.807) is 19.2 Å². The predicted octanol–water partition coefficient (Wildman–Crippen LogP) is 4.70. The zero-order chi connectivity index (χ0) is 16.1. The van der Waals surface area contributed by atoms with E-state index >= 15 is 0 Å². The lowest BCUT2D eigenvalue weighted by Gasteiger charge is -2.18. The van der Waals surface area contributed by atoms with E-state index in [1.807, 2.05) is 6.07 Å². The number of rotatable bonds is 4. The summed E-state index contributed by atoms with van der Waals surface area (Å²) in [5, 5.41) is 7.48. The minimum atomic E-state index is 0.120. The van der Waals surface area contributed by atoms with Crippen LogP contribution in [0.5, 0.6) is 5.75 Å². The van der Waals surface area contributed by atoms with E-state index in [0.717, 1.165) is 5.69 Å². The standard InChI is InChI=1S/C17H19ClN2OS/c1-11-4-6-13(7-5-11)12(2)19-17(22)20-14-8-9-16(21-3)15(18)10-14/h4-10,12H,1-3H3,(H2,19,20,22). The molecule has 116 valence electrons. The molecule has 0 heterocycles. The highest BCUT2D eigenvalue weighted by atomic mass is 35.5. The molecule has 0 aliphatic rings. The summed E-state index contributed by atoms with van der Waals surface area (Å²) >= 11 is 11.4. The van der Waals surface area contributed by atoms with Crippen LogP contribution in [-0.2, 0) is 0 Å². The fourth-order valence-corrected chi connectivity index (χ4v) is 2.60. The van der Waals surface area contributed by atoms with E-state index in [-0.39, 0.29) is 6.04 Å². The SMILES string of the molecule is COc1ccc(NC(=S)NC(C)c2ccc(C)cc2)cc1Cl. The van der Waals surface area contributed by atoms with Gasteiger partial charge in [-0.1, -0.05) is 41.4 Å². The van der Waals surface area contributed by atoms with Gasteiger partial charge in [0.1, 0.15) is 5.75 Å². The van der Waals surface area contributed by atoms with Crippen LogP contribution in [0.15, 0.2) is 42.5 Å². The Hall–Kier alpha value is -1.78. The zero-order valence-electron chi connectivity index (χ0n) is 12.8. The summed E-state index contributed by atoms with van der Waals surface area (Å²) in [6, 6.07) is 14.0. The van der Waals surface area contributed by atoms with Crippen molar-refractivity contribution >= 4 is 34.6 Å². The van der Waals surface area contributed by atoms with E-state index in [2.05, 4.69) is 48.7 Å². The number of anilines is 1. The first-order valence-electron chi connectivity index (χ1n) is 6.97. The van der Waals surface area contributed by atoms with Crippen molar-refractivity contribution in [2.75, 3.05) is 12.4 Å². The number of methoxy groups -OCH3 is 1. The average molecular weight is 335 g/mol. The summed E-state index contributed by atoms with van der Waals surface area (Å²) in [4.78, 5) is 0. The molecule has 2 rings (SSSR count). The van der Waals surface area contributed by atoms with Gasteiger partial charge in [0.2, 0.25) is 0 Å². The van der Waals surface area contributed by atoms with Crippen LogP contribution in [0.25, 0.3) is 0 Å². The second-order valence-corrected chi connectivity index (χ2v) is 5.90. The van der Waals surface area contributed by atoms with Gasteiger partial charge in [0, 0.05) is 5.69 Å². The van der Waals surface area contributed by atoms with Crippen molar-refractivity contribution in [2.24, 2.45) is 0 Å². The molecule has 3 nitrogen and oxygen atoms in total. The maximum absolute atomic E-state index is 6.10. The summed E-state index contributed by atoms with van der Waals surface area (Å²) in [6.07, 6.45) is 0. The van der Waals surface area contributed by atoms with Gasteiger partial charge in [-0.25, -0.2) is 0 Å². The van der Waals surface area contributed by atoms with Gasteiger partial charge in [0.05, 0.1) is 18.2 Å². The Balaban J connectivity index is 1.97. The molecule has 2 N–H and O–H groups in total. The Bertz CT molecular complexity index is 658. The van der Waals surface area contributed by atoms with Gasteiger partial charge >= 0.3 is 0 Å². The second kappa shape index (κ2) is 7.47. The molecule has 0 aliphatic heterocycles. The molecule has 0 aromatic heterocycles. The highest BCUT2D eigenvalue weighted by Gasteiger charge is 2.08. The maximum Gasteiger partial charge on any atom is 0.171 e. The molecule has 0 saturated carbocycles. The Morgan fingerprint density at radius 2 is 1.86 bits per heavy atom. The number of hydrogen-bond acceptors (Lipinski definition) is 2. The minimum absolute atomic E-state index is 0.120. The van der Waals surface area contributed by atoms with Crippen LogP contribution in [0.4, 0.5) is 5.69 Å². The lowest BCUT2D eigenvalue weighted by atomic mass is 10.1. The lowest BCUT2D eigenvalue weighted by Crippen LogP contribution is -2.30. The summed E-state index contributed by atoms with van der Waals surface area (Å²) in [6.45, 7) is 4.14. The third-order valence-corrected chi connectivity index (χ3v) is 3.85. The third-order valence-electron chi connectivity index (χ3n) is 3.33. The first-order chi connectivity index (χ1) is 10.5. The van der Waals surface area contributed by atoms with Crippen molar-refractivity contribution in [2.45, 2.75) is 19.9 Å². The van der Waals surface area contributed by atoms with Crippen molar-refractivity contribution in [3.05, 3.63) is 58.6 Å². The number of thiocarbonyl (C=S) groups is 1. The number of benzene rings is 2. The Morgan fingerprint density at radius 1 is 1.18 bits per heavy atom. The van der Waals surface area contributed by atoms with Crippen molar-refractivity contribution in [3.63, 3.8) is 0 Å². The molecule has 0 amide bonds. The van der Waals surface area contributed by atoms with Gasteiger partial charge in [0.15, 0.2) is 5.11 Å². The lowest BCUT2D eigenvalue weighted by molar-refractivity contribution is 0.415. The van der Waals surface area contributed by atoms with E-state index in [4.69, 9.17) is 28.6 Å². The highest BCUT2D eigenvalue weighted by molar-refractivity contribution is 7.80. The molecule has 1 unspecified atom stereocenters. The summed E-state index contributed by atoms with van der Waals surface area (Å²) in [5.41, 5.74) is 3.24. The number of hydrogen-bond donors (Lipinski definition) is 2. The highest BCUT2D eigenvalue weighted by Crippen LogP contribution is 2.27. The smallest absolute Gasteiger partial charge is 0.171 e. The van der Waals surface area contributed by atoms with E-state index < -0.39 is 0 Å². The molecule has 5 heteroatoms. The van der Waals surface area contributed by atoms with Crippen LogP contribution in [0, 0.1) is 6.92 Å². The van der Waals surface area contributed by atoms with Crippen LogP contribution >= 0.6 is 23.8 Å². The van der Waals surface area contributed by atoms with E-state index in [0.29, 0.717) is 15.9 Å². The largest absolute Gasteiger partial charge is 0.495 e. The number of halogens is 1. The molecular weight excluding hydrogens is 316 g/mol. The topological polar surface area (TPSA) is 33.3 Å². The molecule has 0 radical (unpaired) electrons. The monoisotopic (exact) mass is 334 g/mol. The first kappa shape index (κ1) is 16.6.